The van der Waals surface area contributed by atoms with Gasteiger partial charge in [0.2, 0.25) is 0 Å². The maximum Gasteiger partial charge on any atom is 0.0585 e. The highest BCUT2D eigenvalue weighted by atomic mass is 15.2. The molecule has 0 bridgehead atoms. The highest BCUT2D eigenvalue weighted by molar-refractivity contribution is 5.84. The molecule has 4 nitrogen and oxygen atoms in total. The SMILES string of the molecule is Cc1cccc(N(c2ccccc2)c2ccc(N(c3ccc(N(c4ccccc4)c4cccc(C)c4)cc3)c3ccc(N(c4cccc(C)c4)C4C=CC=CC4C)cc3)cc2)c1. The summed E-state index contributed by atoms with van der Waals surface area (Å²) in [6, 6.07) is 74.6. The third-order valence-corrected chi connectivity index (χ3v) is 11.6. The minimum Gasteiger partial charge on any atom is -0.334 e. The van der Waals surface area contributed by atoms with E-state index in [-0.39, 0.29) is 6.04 Å². The fourth-order valence-electron chi connectivity index (χ4n) is 8.59. The molecule has 4 heteroatoms. The van der Waals surface area contributed by atoms with Crippen LogP contribution in [0.4, 0.5) is 62.6 Å². The van der Waals surface area contributed by atoms with Gasteiger partial charge in [0, 0.05) is 62.6 Å². The number of para-hydroxylation sites is 2. The molecule has 0 heterocycles. The molecule has 0 spiro atoms. The summed E-state index contributed by atoms with van der Waals surface area (Å²) < 4.78 is 0. The summed E-state index contributed by atoms with van der Waals surface area (Å²) in [4.78, 5) is 9.48. The molecule has 0 radical (unpaired) electrons. The molecule has 1 aliphatic rings. The first kappa shape index (κ1) is 39.9. The van der Waals surface area contributed by atoms with Gasteiger partial charge in [-0.1, -0.05) is 104 Å². The summed E-state index contributed by atoms with van der Waals surface area (Å²) in [7, 11) is 0. The van der Waals surface area contributed by atoms with Crippen molar-refractivity contribution in [3.05, 3.63) is 247 Å². The van der Waals surface area contributed by atoms with Crippen LogP contribution in [0, 0.1) is 26.7 Å². The van der Waals surface area contributed by atoms with Crippen LogP contribution in [0.2, 0.25) is 0 Å². The zero-order valence-electron chi connectivity index (χ0n) is 35.9. The third kappa shape index (κ3) is 8.54. The Morgan fingerprint density at radius 2 is 0.597 bits per heavy atom. The molecule has 0 saturated heterocycles. The summed E-state index contributed by atoms with van der Waals surface area (Å²) in [6.07, 6.45) is 8.95. The molecule has 0 aliphatic heterocycles. The highest BCUT2D eigenvalue weighted by Gasteiger charge is 2.25. The Kier molecular flexibility index (Phi) is 11.6. The molecule has 2 atom stereocenters. The minimum atomic E-state index is 0.186. The van der Waals surface area contributed by atoms with Crippen LogP contribution in [0.5, 0.6) is 0 Å². The van der Waals surface area contributed by atoms with Gasteiger partial charge < -0.3 is 19.6 Å². The van der Waals surface area contributed by atoms with Crippen molar-refractivity contribution >= 4 is 62.6 Å². The Bertz CT molecular complexity index is 2660. The zero-order chi connectivity index (χ0) is 42.4. The van der Waals surface area contributed by atoms with Gasteiger partial charge in [-0.05, 0) is 177 Å². The van der Waals surface area contributed by atoms with Crippen molar-refractivity contribution in [2.45, 2.75) is 33.7 Å². The maximum absolute atomic E-state index is 2.47. The largest absolute Gasteiger partial charge is 0.334 e. The van der Waals surface area contributed by atoms with Gasteiger partial charge in [-0.3, -0.25) is 0 Å². The van der Waals surface area contributed by atoms with E-state index in [1.54, 1.807) is 0 Å². The summed E-state index contributed by atoms with van der Waals surface area (Å²) in [6.45, 7) is 8.76. The lowest BCUT2D eigenvalue weighted by Crippen LogP contribution is -2.35. The molecule has 9 rings (SSSR count). The molecule has 1 aliphatic carbocycles. The lowest BCUT2D eigenvalue weighted by Gasteiger charge is -2.36. The first-order valence-electron chi connectivity index (χ1n) is 21.5. The fraction of sp³-hybridized carbons (Fsp3) is 0.103. The van der Waals surface area contributed by atoms with E-state index in [1.165, 1.54) is 22.4 Å². The van der Waals surface area contributed by atoms with E-state index in [1.807, 2.05) is 0 Å². The quantitative estimate of drug-likeness (QED) is 0.122. The van der Waals surface area contributed by atoms with Crippen LogP contribution in [0.1, 0.15) is 23.6 Å². The fourth-order valence-corrected chi connectivity index (χ4v) is 8.59. The molecular formula is C58H52N4. The molecule has 0 N–H and O–H groups in total. The minimum absolute atomic E-state index is 0.186. The van der Waals surface area contributed by atoms with Gasteiger partial charge in [0.1, 0.15) is 0 Å². The first-order valence-corrected chi connectivity index (χ1v) is 21.5. The van der Waals surface area contributed by atoms with Crippen LogP contribution >= 0.6 is 0 Å². The molecule has 8 aromatic rings. The molecule has 0 saturated carbocycles. The summed E-state index contributed by atoms with van der Waals surface area (Å²) in [5, 5.41) is 0. The molecule has 0 fully saturated rings. The van der Waals surface area contributed by atoms with E-state index in [4.69, 9.17) is 0 Å². The average molecular weight is 805 g/mol. The number of aryl methyl sites for hydroxylation is 3. The van der Waals surface area contributed by atoms with Crippen molar-refractivity contribution in [3.8, 4) is 0 Å². The Hall–Kier alpha value is -7.56. The van der Waals surface area contributed by atoms with Gasteiger partial charge >= 0.3 is 0 Å². The first-order chi connectivity index (χ1) is 30.4. The van der Waals surface area contributed by atoms with Crippen molar-refractivity contribution in [3.63, 3.8) is 0 Å². The monoisotopic (exact) mass is 804 g/mol. The van der Waals surface area contributed by atoms with Gasteiger partial charge in [-0.15, -0.1) is 0 Å². The normalized spacial score (nSPS) is 14.3. The second-order valence-corrected chi connectivity index (χ2v) is 16.2. The van der Waals surface area contributed by atoms with Crippen LogP contribution < -0.4 is 19.6 Å². The van der Waals surface area contributed by atoms with Gasteiger partial charge in [0.15, 0.2) is 0 Å². The Morgan fingerprint density at radius 3 is 0.984 bits per heavy atom. The predicted octanol–water partition coefficient (Wildman–Crippen LogP) is 16.3. The van der Waals surface area contributed by atoms with E-state index >= 15 is 0 Å². The molecule has 304 valence electrons. The van der Waals surface area contributed by atoms with Crippen molar-refractivity contribution in [1.82, 2.24) is 0 Å². The highest BCUT2D eigenvalue weighted by Crippen LogP contribution is 2.43. The lowest BCUT2D eigenvalue weighted by atomic mass is 9.94. The van der Waals surface area contributed by atoms with Gasteiger partial charge in [-0.25, -0.2) is 0 Å². The lowest BCUT2D eigenvalue weighted by molar-refractivity contribution is 0.609. The van der Waals surface area contributed by atoms with Crippen molar-refractivity contribution < 1.29 is 0 Å². The Balaban J connectivity index is 1.13. The Morgan fingerprint density at radius 1 is 0.290 bits per heavy atom. The van der Waals surface area contributed by atoms with E-state index in [9.17, 15) is 0 Å². The number of nitrogens with zero attached hydrogens (tertiary/aromatic N) is 4. The third-order valence-electron chi connectivity index (χ3n) is 11.6. The van der Waals surface area contributed by atoms with Crippen LogP contribution in [0.15, 0.2) is 231 Å². The van der Waals surface area contributed by atoms with E-state index in [0.29, 0.717) is 5.92 Å². The van der Waals surface area contributed by atoms with Crippen molar-refractivity contribution in [2.24, 2.45) is 5.92 Å². The maximum atomic E-state index is 2.47. The summed E-state index contributed by atoms with van der Waals surface area (Å²) >= 11 is 0. The molecule has 8 aromatic carbocycles. The van der Waals surface area contributed by atoms with Crippen LogP contribution in [0.3, 0.4) is 0 Å². The van der Waals surface area contributed by atoms with Gasteiger partial charge in [0.25, 0.3) is 0 Å². The van der Waals surface area contributed by atoms with Gasteiger partial charge in [0.05, 0.1) is 6.04 Å². The van der Waals surface area contributed by atoms with E-state index in [2.05, 4.69) is 278 Å². The average Bonchev–Trinajstić information content (AvgIpc) is 3.30. The predicted molar refractivity (Wildman–Crippen MR) is 265 cm³/mol. The van der Waals surface area contributed by atoms with Crippen molar-refractivity contribution in [1.29, 1.82) is 0 Å². The second-order valence-electron chi connectivity index (χ2n) is 16.2. The number of allylic oxidation sites excluding steroid dienone is 2. The smallest absolute Gasteiger partial charge is 0.0585 e. The van der Waals surface area contributed by atoms with Gasteiger partial charge in [-0.2, -0.15) is 0 Å². The topological polar surface area (TPSA) is 13.0 Å². The molecule has 2 unspecified atom stereocenters. The number of rotatable bonds is 12. The summed E-state index contributed by atoms with van der Waals surface area (Å²) in [5.41, 5.74) is 15.9. The van der Waals surface area contributed by atoms with Crippen molar-refractivity contribution in [2.75, 3.05) is 19.6 Å². The molecule has 0 aromatic heterocycles. The van der Waals surface area contributed by atoms with Crippen LogP contribution in [-0.2, 0) is 0 Å². The number of anilines is 11. The Labute approximate surface area is 367 Å². The number of hydrogen-bond acceptors (Lipinski definition) is 4. The standard InChI is InChI=1S/C58H52N4/c1-43-16-13-24-55(40-43)60(47-20-7-5-8-21-47)52-32-28-49(29-33-52)59(50-30-34-53(35-31-50)61(48-22-9-6-10-23-48)56-25-14-17-44(2)41-56)51-36-38-54(39-37-51)62(57-26-15-18-45(3)42-57)58-27-12-11-19-46(58)4/h5-42,46,58H,1-4H3. The zero-order valence-corrected chi connectivity index (χ0v) is 35.9. The second kappa shape index (κ2) is 18.0. The van der Waals surface area contributed by atoms with Crippen LogP contribution in [-0.4, -0.2) is 6.04 Å². The number of hydrogen-bond donors (Lipinski definition) is 0. The van der Waals surface area contributed by atoms with E-state index < -0.39 is 0 Å². The molecule has 0 amide bonds. The molecule has 62 heavy (non-hydrogen) atoms. The molecular weight excluding hydrogens is 753 g/mol. The van der Waals surface area contributed by atoms with E-state index in [0.717, 1.165) is 56.9 Å². The number of benzene rings is 8. The summed E-state index contributed by atoms with van der Waals surface area (Å²) in [5.74, 6) is 0.347. The van der Waals surface area contributed by atoms with Crippen LogP contribution in [0.25, 0.3) is 0 Å².